The Bertz CT molecular complexity index is 1200. The first-order valence-corrected chi connectivity index (χ1v) is 14.3. The molecule has 228 valence electrons. The van der Waals surface area contributed by atoms with Crippen LogP contribution in [-0.2, 0) is 29.9 Å². The highest BCUT2D eigenvalue weighted by atomic mass is 32.2. The molecule has 0 unspecified atom stereocenters. The Morgan fingerprint density at radius 1 is 1.07 bits per heavy atom. The lowest BCUT2D eigenvalue weighted by atomic mass is 9.92. The van der Waals surface area contributed by atoms with Crippen LogP contribution in [0.15, 0.2) is 36.4 Å². The minimum Gasteiger partial charge on any atom is -0.616 e. The lowest BCUT2D eigenvalue weighted by molar-refractivity contribution is -0.143. The van der Waals surface area contributed by atoms with E-state index in [1.165, 1.54) is 35.0 Å². The molecule has 41 heavy (non-hydrogen) atoms. The number of amides is 2. The van der Waals surface area contributed by atoms with Gasteiger partial charge in [-0.2, -0.15) is 26.3 Å². The minimum absolute atomic E-state index is 0.0253. The molecule has 0 spiro atoms. The maximum atomic E-state index is 13.8. The molecule has 13 heteroatoms. The molecular formula is C28H33F7N2O3S. The van der Waals surface area contributed by atoms with Crippen molar-refractivity contribution >= 4 is 17.2 Å². The molecule has 5 nitrogen and oxygen atoms in total. The normalized spacial score (nSPS) is 19.3. The summed E-state index contributed by atoms with van der Waals surface area (Å²) in [4.78, 5) is 16.3. The van der Waals surface area contributed by atoms with Crippen LogP contribution in [0, 0.1) is 12.7 Å². The third kappa shape index (κ3) is 8.74. The van der Waals surface area contributed by atoms with E-state index in [2.05, 4.69) is 0 Å². The highest BCUT2D eigenvalue weighted by molar-refractivity contribution is 7.92. The van der Waals surface area contributed by atoms with Gasteiger partial charge in [-0.25, -0.2) is 9.18 Å². The van der Waals surface area contributed by atoms with Crippen molar-refractivity contribution in [2.24, 2.45) is 0 Å². The van der Waals surface area contributed by atoms with E-state index in [0.29, 0.717) is 29.7 Å². The highest BCUT2D eigenvalue weighted by Gasteiger charge is 2.41. The van der Waals surface area contributed by atoms with Gasteiger partial charge in [0.15, 0.2) is 0 Å². The molecular weight excluding hydrogens is 577 g/mol. The summed E-state index contributed by atoms with van der Waals surface area (Å²) < 4.78 is 106. The minimum atomic E-state index is -4.98. The molecule has 0 saturated carbocycles. The number of hydrogen-bond acceptors (Lipinski definition) is 3. The average Bonchev–Trinajstić information content (AvgIpc) is 2.84. The zero-order chi connectivity index (χ0) is 30.9. The Morgan fingerprint density at radius 3 is 2.17 bits per heavy atom. The third-order valence-electron chi connectivity index (χ3n) is 6.97. The standard InChI is InChI=1S/C28H33F7N2O3S/c1-17-11-21(29)5-6-23(17)24-15-22(41(40)16-26(2,3)39)8-10-37(24)25(38)36(4)9-7-18-12-19(27(30,31)32)14-20(13-18)28(33,34)35/h5-6,11-14,22,24,39H,7-10,15-16H2,1-4H3/t22-,24+,41+/m0/s1. The molecule has 0 radical (unpaired) electrons. The van der Waals surface area contributed by atoms with Crippen LogP contribution in [0.3, 0.4) is 0 Å². The molecule has 1 heterocycles. The van der Waals surface area contributed by atoms with Gasteiger partial charge in [0.05, 0.1) is 17.2 Å². The molecule has 1 saturated heterocycles. The van der Waals surface area contributed by atoms with Crippen molar-refractivity contribution in [2.45, 2.75) is 69.3 Å². The Hall–Kier alpha value is -2.51. The lowest BCUT2D eigenvalue weighted by Crippen LogP contribution is -2.50. The summed E-state index contributed by atoms with van der Waals surface area (Å²) in [5.74, 6) is -0.448. The van der Waals surface area contributed by atoms with E-state index >= 15 is 0 Å². The molecule has 2 amide bonds. The van der Waals surface area contributed by atoms with Crippen molar-refractivity contribution in [3.05, 3.63) is 70.0 Å². The van der Waals surface area contributed by atoms with Gasteiger partial charge in [-0.3, -0.25) is 0 Å². The number of carbonyl (C=O) groups is 1. The number of alkyl halides is 6. The van der Waals surface area contributed by atoms with E-state index in [1.54, 1.807) is 20.8 Å². The van der Waals surface area contributed by atoms with Crippen LogP contribution in [0.4, 0.5) is 35.5 Å². The first kappa shape index (κ1) is 33.0. The second-order valence-corrected chi connectivity index (χ2v) is 12.8. The molecule has 0 aromatic heterocycles. The summed E-state index contributed by atoms with van der Waals surface area (Å²) in [7, 11) is 1.40. The summed E-state index contributed by atoms with van der Waals surface area (Å²) in [5.41, 5.74) is -3.06. The van der Waals surface area contributed by atoms with Crippen LogP contribution in [0.25, 0.3) is 0 Å². The topological polar surface area (TPSA) is 66.8 Å². The Morgan fingerprint density at radius 2 is 1.66 bits per heavy atom. The highest BCUT2D eigenvalue weighted by Crippen LogP contribution is 2.38. The number of urea groups is 1. The number of rotatable bonds is 7. The van der Waals surface area contributed by atoms with E-state index in [0.717, 1.165) is 0 Å². The zero-order valence-corrected chi connectivity index (χ0v) is 23.9. The van der Waals surface area contributed by atoms with Crippen LogP contribution in [0.1, 0.15) is 60.5 Å². The van der Waals surface area contributed by atoms with Gasteiger partial charge in [0.25, 0.3) is 0 Å². The molecule has 0 aliphatic carbocycles. The van der Waals surface area contributed by atoms with Crippen LogP contribution < -0.4 is 0 Å². The summed E-state index contributed by atoms with van der Waals surface area (Å²) in [6.07, 6.45) is -9.61. The zero-order valence-electron chi connectivity index (χ0n) is 23.1. The molecule has 0 bridgehead atoms. The van der Waals surface area contributed by atoms with Gasteiger partial charge in [0.1, 0.15) is 22.4 Å². The van der Waals surface area contributed by atoms with Gasteiger partial charge in [0, 0.05) is 33.0 Å². The van der Waals surface area contributed by atoms with E-state index in [4.69, 9.17) is 0 Å². The Kier molecular flexibility index (Phi) is 9.97. The van der Waals surface area contributed by atoms with Gasteiger partial charge in [-0.05, 0) is 85.4 Å². The van der Waals surface area contributed by atoms with Gasteiger partial charge < -0.3 is 19.5 Å². The SMILES string of the molecule is Cc1cc(F)ccc1[C@H]1C[C@@H]([S@+]([O-])CC(C)(C)O)CCN1C(=O)N(C)CCc1cc(C(F)(F)F)cc(C(F)(F)F)c1. The first-order chi connectivity index (χ1) is 18.8. The van der Waals surface area contributed by atoms with Crippen molar-refractivity contribution in [3.63, 3.8) is 0 Å². The van der Waals surface area contributed by atoms with Gasteiger partial charge in [0.2, 0.25) is 0 Å². The van der Waals surface area contributed by atoms with Crippen molar-refractivity contribution in [1.29, 1.82) is 0 Å². The fraction of sp³-hybridized carbons (Fsp3) is 0.536. The fourth-order valence-electron chi connectivity index (χ4n) is 4.95. The van der Waals surface area contributed by atoms with Crippen molar-refractivity contribution in [1.82, 2.24) is 9.80 Å². The van der Waals surface area contributed by atoms with E-state index in [9.17, 15) is 45.2 Å². The second-order valence-electron chi connectivity index (χ2n) is 11.1. The maximum Gasteiger partial charge on any atom is 0.416 e. The molecule has 1 fully saturated rings. The molecule has 3 atom stereocenters. The predicted octanol–water partition coefficient (Wildman–Crippen LogP) is 6.49. The van der Waals surface area contributed by atoms with Crippen LogP contribution in [0.2, 0.25) is 0 Å². The van der Waals surface area contributed by atoms with Gasteiger partial charge in [-0.15, -0.1) is 0 Å². The Balaban J connectivity index is 1.83. The van der Waals surface area contributed by atoms with Crippen molar-refractivity contribution < 1.29 is 45.2 Å². The average molecular weight is 611 g/mol. The van der Waals surface area contributed by atoms with E-state index in [1.807, 2.05) is 0 Å². The molecule has 2 aromatic carbocycles. The number of likely N-dealkylation sites (N-methyl/N-ethyl adjacent to an activating group) is 1. The molecule has 1 N–H and O–H groups in total. The molecule has 1 aliphatic rings. The largest absolute Gasteiger partial charge is 0.616 e. The van der Waals surface area contributed by atoms with Crippen molar-refractivity contribution in [2.75, 3.05) is 25.9 Å². The number of piperidine rings is 1. The van der Waals surface area contributed by atoms with Crippen LogP contribution in [0.5, 0.6) is 0 Å². The predicted molar refractivity (Wildman–Crippen MR) is 141 cm³/mol. The Labute approximate surface area is 237 Å². The number of nitrogens with zero attached hydrogens (tertiary/aromatic N) is 2. The van der Waals surface area contributed by atoms with E-state index < -0.39 is 58.1 Å². The summed E-state index contributed by atoms with van der Waals surface area (Å²) >= 11 is -1.43. The molecule has 2 aromatic rings. The maximum absolute atomic E-state index is 13.8. The number of hydrogen-bond donors (Lipinski definition) is 1. The first-order valence-electron chi connectivity index (χ1n) is 12.9. The fourth-order valence-corrected chi connectivity index (χ4v) is 6.65. The number of benzene rings is 2. The third-order valence-corrected chi connectivity index (χ3v) is 9.13. The number of likely N-dealkylation sites (tertiary alicyclic amines) is 1. The van der Waals surface area contributed by atoms with Gasteiger partial charge >= 0.3 is 18.4 Å². The van der Waals surface area contributed by atoms with Crippen LogP contribution in [-0.4, -0.2) is 62.2 Å². The van der Waals surface area contributed by atoms with E-state index in [-0.39, 0.29) is 48.6 Å². The van der Waals surface area contributed by atoms with Gasteiger partial charge in [-0.1, -0.05) is 6.07 Å². The molecule has 3 rings (SSSR count). The molecule has 1 aliphatic heterocycles. The quantitative estimate of drug-likeness (QED) is 0.288. The number of halogens is 7. The summed E-state index contributed by atoms with van der Waals surface area (Å²) in [6, 6.07) is 4.30. The second kappa shape index (κ2) is 12.4. The monoisotopic (exact) mass is 610 g/mol. The van der Waals surface area contributed by atoms with Crippen LogP contribution >= 0.6 is 0 Å². The smallest absolute Gasteiger partial charge is 0.416 e. The van der Waals surface area contributed by atoms with Crippen molar-refractivity contribution in [3.8, 4) is 0 Å². The number of carbonyl (C=O) groups excluding carboxylic acids is 1. The summed E-state index contributed by atoms with van der Waals surface area (Å²) in [5, 5.41) is 9.77. The number of aryl methyl sites for hydroxylation is 1. The summed E-state index contributed by atoms with van der Waals surface area (Å²) in [6.45, 7) is 4.75. The number of aliphatic hydroxyl groups is 1. The lowest BCUT2D eigenvalue weighted by Gasteiger charge is -2.42.